The van der Waals surface area contributed by atoms with Crippen molar-refractivity contribution in [1.29, 1.82) is 0 Å². The first-order valence-electron chi connectivity index (χ1n) is 6.01. The monoisotopic (exact) mass is 318 g/mol. The molecular formula is C11H11N4NaO4S. The van der Waals surface area contributed by atoms with E-state index in [1.54, 1.807) is 4.68 Å². The fraction of sp³-hybridized carbons (Fsp3) is 0.455. The Morgan fingerprint density at radius 1 is 1.52 bits per heavy atom. The van der Waals surface area contributed by atoms with Crippen molar-refractivity contribution in [3.05, 3.63) is 23.3 Å². The zero-order valence-electron chi connectivity index (χ0n) is 11.3. The maximum absolute atomic E-state index is 11.8. The van der Waals surface area contributed by atoms with Crippen molar-refractivity contribution in [3.63, 3.8) is 0 Å². The number of aliphatic hydroxyl groups is 1. The molecule has 0 spiro atoms. The van der Waals surface area contributed by atoms with Gasteiger partial charge in [-0.05, 0) is 0 Å². The summed E-state index contributed by atoms with van der Waals surface area (Å²) in [5.74, 6) is -2.25. The number of hydrogen-bond donors (Lipinski definition) is 1. The molecule has 2 atom stereocenters. The molecule has 0 radical (unpaired) electrons. The second-order valence-corrected chi connectivity index (χ2v) is 5.69. The van der Waals surface area contributed by atoms with Gasteiger partial charge < -0.3 is 15.0 Å². The number of rotatable bonds is 5. The van der Waals surface area contributed by atoms with Crippen molar-refractivity contribution in [3.8, 4) is 0 Å². The van der Waals surface area contributed by atoms with Gasteiger partial charge in [-0.2, -0.15) is 5.10 Å². The van der Waals surface area contributed by atoms with Gasteiger partial charge in [-0.1, -0.05) is 0 Å². The van der Waals surface area contributed by atoms with Gasteiger partial charge in [0.1, 0.15) is 18.0 Å². The largest absolute Gasteiger partial charge is 1.00 e. The fourth-order valence-electron chi connectivity index (χ4n) is 2.35. The number of allylic oxidation sites excluding steroid dienone is 1. The second-order valence-electron chi connectivity index (χ2n) is 4.47. The maximum Gasteiger partial charge on any atom is 1.00 e. The number of carboxylic acids is 1. The van der Waals surface area contributed by atoms with Gasteiger partial charge in [0.2, 0.25) is 5.91 Å². The average Bonchev–Trinajstić information content (AvgIpc) is 3.02. The Kier molecular flexibility index (Phi) is 5.10. The topological polar surface area (TPSA) is 111 Å². The molecule has 0 aliphatic carbocycles. The summed E-state index contributed by atoms with van der Waals surface area (Å²) in [7, 11) is 0. The normalized spacial score (nSPS) is 23.7. The van der Waals surface area contributed by atoms with Crippen LogP contribution in [0.1, 0.15) is 6.42 Å². The number of aromatic nitrogens is 3. The van der Waals surface area contributed by atoms with E-state index in [-0.39, 0.29) is 53.1 Å². The Bertz CT molecular complexity index is 591. The summed E-state index contributed by atoms with van der Waals surface area (Å²) in [5.41, 5.74) is -0.0742. The molecule has 2 aliphatic rings. The van der Waals surface area contributed by atoms with Crippen LogP contribution in [-0.4, -0.2) is 48.6 Å². The van der Waals surface area contributed by atoms with E-state index in [4.69, 9.17) is 5.11 Å². The van der Waals surface area contributed by atoms with E-state index < -0.39 is 11.9 Å². The number of carbonyl (C=O) groups excluding carboxylic acids is 2. The number of carboxylic acid groups (broad SMARTS) is 1. The van der Waals surface area contributed by atoms with Gasteiger partial charge >= 0.3 is 29.6 Å². The minimum atomic E-state index is -1.36. The standard InChI is InChI=1S/C11H12N4O4S.Na/c16-3-6-9(17)15-8(11(18)19)7(20-10(6)15)1-2-14-5-12-4-13-14;/h4-6,10,16H,1-3H2,(H,18,19);/q;+1/p-1/t6-,10+;/m0./s1. The third-order valence-corrected chi connectivity index (χ3v) is 4.81. The summed E-state index contributed by atoms with van der Waals surface area (Å²) >= 11 is 1.30. The predicted molar refractivity (Wildman–Crippen MR) is 65.5 cm³/mol. The molecule has 0 aromatic carbocycles. The van der Waals surface area contributed by atoms with Gasteiger partial charge in [0, 0.05) is 17.9 Å². The van der Waals surface area contributed by atoms with E-state index in [1.807, 2.05) is 0 Å². The number of aliphatic carboxylic acids is 1. The fourth-order valence-corrected chi connectivity index (χ4v) is 3.83. The zero-order chi connectivity index (χ0) is 14.3. The van der Waals surface area contributed by atoms with Crippen molar-refractivity contribution in [2.45, 2.75) is 18.3 Å². The molecule has 1 saturated heterocycles. The average molecular weight is 318 g/mol. The quantitative estimate of drug-likeness (QED) is 0.428. The zero-order valence-corrected chi connectivity index (χ0v) is 14.1. The number of nitrogens with zero attached hydrogens (tertiary/aromatic N) is 4. The third-order valence-electron chi connectivity index (χ3n) is 3.35. The first-order valence-corrected chi connectivity index (χ1v) is 6.89. The first-order chi connectivity index (χ1) is 9.63. The van der Waals surface area contributed by atoms with E-state index in [0.717, 1.165) is 0 Å². The van der Waals surface area contributed by atoms with Crippen molar-refractivity contribution >= 4 is 23.6 Å². The number of aryl methyl sites for hydroxylation is 1. The van der Waals surface area contributed by atoms with E-state index in [2.05, 4.69) is 10.1 Å². The van der Waals surface area contributed by atoms with E-state index in [1.165, 1.54) is 29.3 Å². The molecule has 21 heavy (non-hydrogen) atoms. The molecule has 1 aromatic heterocycles. The number of amides is 1. The number of carbonyl (C=O) groups is 2. The molecule has 3 rings (SSSR count). The van der Waals surface area contributed by atoms with E-state index >= 15 is 0 Å². The molecule has 1 fully saturated rings. The maximum atomic E-state index is 11.8. The van der Waals surface area contributed by atoms with Crippen LogP contribution in [0, 0.1) is 5.92 Å². The van der Waals surface area contributed by atoms with Crippen LogP contribution in [0.25, 0.3) is 0 Å². The summed E-state index contributed by atoms with van der Waals surface area (Å²) in [6, 6.07) is 0. The van der Waals surface area contributed by atoms with Gasteiger partial charge in [-0.3, -0.25) is 14.4 Å². The summed E-state index contributed by atoms with van der Waals surface area (Å²) in [4.78, 5) is 28.6. The molecule has 0 saturated carbocycles. The second kappa shape index (κ2) is 6.49. The van der Waals surface area contributed by atoms with Crippen LogP contribution in [0.2, 0.25) is 0 Å². The molecule has 106 valence electrons. The molecule has 8 nitrogen and oxygen atoms in total. The predicted octanol–water partition coefficient (Wildman–Crippen LogP) is -4.84. The van der Waals surface area contributed by atoms with Crippen molar-refractivity contribution in [1.82, 2.24) is 19.7 Å². The molecule has 2 aliphatic heterocycles. The summed E-state index contributed by atoms with van der Waals surface area (Å²) in [6.07, 6.45) is 3.36. The van der Waals surface area contributed by atoms with Gasteiger partial charge in [0.15, 0.2) is 0 Å². The Balaban J connectivity index is 0.00000161. The van der Waals surface area contributed by atoms with E-state index in [0.29, 0.717) is 17.9 Å². The van der Waals surface area contributed by atoms with Crippen LogP contribution in [-0.2, 0) is 16.1 Å². The van der Waals surface area contributed by atoms with Crippen LogP contribution >= 0.6 is 11.8 Å². The molecule has 1 amide bonds. The number of fused-ring (bicyclic) bond motifs is 1. The molecule has 0 bridgehead atoms. The van der Waals surface area contributed by atoms with Crippen LogP contribution < -0.4 is 34.7 Å². The molecule has 3 heterocycles. The van der Waals surface area contributed by atoms with Gasteiger partial charge in [-0.25, -0.2) is 4.98 Å². The van der Waals surface area contributed by atoms with Crippen molar-refractivity contribution < 1.29 is 49.4 Å². The molecule has 1 N–H and O–H groups in total. The Hall–Kier alpha value is -0.870. The number of aliphatic hydroxyl groups excluding tert-OH is 1. The van der Waals surface area contributed by atoms with Crippen LogP contribution in [0.5, 0.6) is 0 Å². The SMILES string of the molecule is O=C([O-])C1=C(CCn2cncn2)S[C@@H]2[C@@H](CO)C(=O)N12.[Na+]. The smallest absolute Gasteiger partial charge is 0.543 e. The Labute approximate surface area is 146 Å². The van der Waals surface area contributed by atoms with E-state index in [9.17, 15) is 14.7 Å². The third kappa shape index (κ3) is 2.76. The molecule has 0 unspecified atom stereocenters. The number of β-lactam (4-membered cyclic amide) rings is 1. The van der Waals surface area contributed by atoms with Crippen LogP contribution in [0.4, 0.5) is 0 Å². The van der Waals surface area contributed by atoms with Crippen molar-refractivity contribution in [2.75, 3.05) is 6.61 Å². The molecular weight excluding hydrogens is 307 g/mol. The Morgan fingerprint density at radius 2 is 2.29 bits per heavy atom. The van der Waals surface area contributed by atoms with Crippen LogP contribution in [0.3, 0.4) is 0 Å². The first kappa shape index (κ1) is 16.5. The van der Waals surface area contributed by atoms with Gasteiger partial charge in [0.05, 0.1) is 24.2 Å². The number of thioether (sulfide) groups is 1. The minimum Gasteiger partial charge on any atom is -0.543 e. The number of hydrogen-bond acceptors (Lipinski definition) is 7. The van der Waals surface area contributed by atoms with Gasteiger partial charge in [-0.15, -0.1) is 11.8 Å². The minimum absolute atomic E-state index is 0. The van der Waals surface area contributed by atoms with Crippen LogP contribution in [0.15, 0.2) is 23.3 Å². The van der Waals surface area contributed by atoms with Gasteiger partial charge in [0.25, 0.3) is 0 Å². The van der Waals surface area contributed by atoms with Crippen molar-refractivity contribution in [2.24, 2.45) is 5.92 Å². The summed E-state index contributed by atoms with van der Waals surface area (Å²) in [6.45, 7) is 0.196. The summed E-state index contributed by atoms with van der Waals surface area (Å²) < 4.78 is 1.58. The Morgan fingerprint density at radius 3 is 2.86 bits per heavy atom. The molecule has 1 aromatic rings. The molecule has 10 heteroatoms. The summed E-state index contributed by atoms with van der Waals surface area (Å²) in [5, 5.41) is 24.0.